The number of amides is 3. The van der Waals surface area contributed by atoms with Crippen molar-refractivity contribution in [3.05, 3.63) is 0 Å². The van der Waals surface area contributed by atoms with Crippen LogP contribution in [0.2, 0.25) is 0 Å². The Bertz CT molecular complexity index is 655. The van der Waals surface area contributed by atoms with Crippen molar-refractivity contribution in [2.45, 2.75) is 64.2 Å². The summed E-state index contributed by atoms with van der Waals surface area (Å²) < 4.78 is 0. The van der Waals surface area contributed by atoms with Crippen molar-refractivity contribution in [3.8, 4) is 0 Å². The highest BCUT2D eigenvalue weighted by Gasteiger charge is 2.31. The third-order valence-electron chi connectivity index (χ3n) is 4.58. The van der Waals surface area contributed by atoms with E-state index in [4.69, 9.17) is 17.2 Å². The van der Waals surface area contributed by atoms with Gasteiger partial charge in [0, 0.05) is 12.3 Å². The van der Waals surface area contributed by atoms with Crippen molar-refractivity contribution in [2.75, 3.05) is 12.3 Å². The predicted octanol–water partition coefficient (Wildman–Crippen LogP) is -2.10. The van der Waals surface area contributed by atoms with E-state index in [1.54, 1.807) is 13.8 Å². The summed E-state index contributed by atoms with van der Waals surface area (Å²) in [7, 11) is 0. The third-order valence-corrected chi connectivity index (χ3v) is 4.95. The lowest BCUT2D eigenvalue weighted by Gasteiger charge is -2.25. The fourth-order valence-corrected chi connectivity index (χ4v) is 2.74. The van der Waals surface area contributed by atoms with Crippen molar-refractivity contribution >= 4 is 42.3 Å². The summed E-state index contributed by atoms with van der Waals surface area (Å²) in [4.78, 5) is 52.5. The highest BCUT2D eigenvalue weighted by atomic mass is 32.1. The summed E-state index contributed by atoms with van der Waals surface area (Å²) in [6.07, 6.45) is 1.10. The Labute approximate surface area is 187 Å². The number of nitrogens with zero attached hydrogens (tertiary/aromatic N) is 1. The number of aliphatic imine (C=N–C) groups is 1. The van der Waals surface area contributed by atoms with Crippen LogP contribution in [0.25, 0.3) is 0 Å². The molecule has 0 saturated heterocycles. The molecule has 0 aliphatic rings. The van der Waals surface area contributed by atoms with E-state index < -0.39 is 47.9 Å². The fourth-order valence-electron chi connectivity index (χ4n) is 2.48. The van der Waals surface area contributed by atoms with Crippen molar-refractivity contribution < 1.29 is 24.3 Å². The minimum absolute atomic E-state index is 0.0770. The zero-order valence-corrected chi connectivity index (χ0v) is 19.0. The largest absolute Gasteiger partial charge is 0.480 e. The molecule has 178 valence electrons. The van der Waals surface area contributed by atoms with Crippen LogP contribution in [0.1, 0.15) is 40.0 Å². The molecule has 3 amide bonds. The van der Waals surface area contributed by atoms with Gasteiger partial charge in [-0.1, -0.05) is 20.3 Å². The maximum absolute atomic E-state index is 12.7. The van der Waals surface area contributed by atoms with E-state index in [1.165, 1.54) is 6.92 Å². The van der Waals surface area contributed by atoms with Gasteiger partial charge < -0.3 is 38.3 Å². The maximum Gasteiger partial charge on any atom is 0.326 e. The average molecular weight is 462 g/mol. The van der Waals surface area contributed by atoms with Crippen LogP contribution in [0, 0.1) is 5.92 Å². The second kappa shape index (κ2) is 14.5. The normalized spacial score (nSPS) is 15.5. The molecule has 10 N–H and O–H groups in total. The molecule has 31 heavy (non-hydrogen) atoms. The number of thiol groups is 1. The molecule has 0 radical (unpaired) electrons. The number of hydrogen-bond acceptors (Lipinski definition) is 7. The van der Waals surface area contributed by atoms with Crippen LogP contribution < -0.4 is 33.2 Å². The van der Waals surface area contributed by atoms with Crippen molar-refractivity contribution in [3.63, 3.8) is 0 Å². The lowest BCUT2D eigenvalue weighted by molar-refractivity contribution is -0.143. The van der Waals surface area contributed by atoms with Crippen LogP contribution in [0.3, 0.4) is 0 Å². The van der Waals surface area contributed by atoms with Crippen LogP contribution in [0.15, 0.2) is 4.99 Å². The first kappa shape index (κ1) is 28.5. The highest BCUT2D eigenvalue weighted by molar-refractivity contribution is 7.80. The Morgan fingerprint density at radius 2 is 1.55 bits per heavy atom. The summed E-state index contributed by atoms with van der Waals surface area (Å²) in [5.74, 6) is -3.53. The second-order valence-corrected chi connectivity index (χ2v) is 7.62. The first-order valence-corrected chi connectivity index (χ1v) is 10.6. The average Bonchev–Trinajstić information content (AvgIpc) is 2.70. The molecule has 0 saturated carbocycles. The minimum atomic E-state index is -1.17. The Kier molecular flexibility index (Phi) is 13.3. The van der Waals surface area contributed by atoms with Gasteiger partial charge in [0.1, 0.15) is 18.1 Å². The first-order valence-electron chi connectivity index (χ1n) is 10.00. The van der Waals surface area contributed by atoms with Gasteiger partial charge in [-0.15, -0.1) is 0 Å². The molecule has 0 rings (SSSR count). The van der Waals surface area contributed by atoms with E-state index in [-0.39, 0.29) is 30.6 Å². The van der Waals surface area contributed by atoms with Gasteiger partial charge in [-0.25, -0.2) is 4.79 Å². The summed E-state index contributed by atoms with van der Waals surface area (Å²) in [6.45, 7) is 5.21. The van der Waals surface area contributed by atoms with Gasteiger partial charge in [0.2, 0.25) is 17.7 Å². The Balaban J connectivity index is 5.24. The van der Waals surface area contributed by atoms with Crippen LogP contribution in [-0.2, 0) is 19.2 Å². The van der Waals surface area contributed by atoms with E-state index in [0.29, 0.717) is 12.8 Å². The molecule has 13 heteroatoms. The third kappa shape index (κ3) is 10.9. The molecular formula is C18H35N7O5S. The van der Waals surface area contributed by atoms with E-state index in [0.717, 1.165) is 0 Å². The van der Waals surface area contributed by atoms with Crippen molar-refractivity contribution in [1.82, 2.24) is 16.0 Å². The van der Waals surface area contributed by atoms with Gasteiger partial charge in [-0.3, -0.25) is 19.4 Å². The molecule has 5 atom stereocenters. The fraction of sp³-hybridized carbons (Fsp3) is 0.722. The van der Waals surface area contributed by atoms with Gasteiger partial charge in [-0.05, 0) is 25.7 Å². The summed E-state index contributed by atoms with van der Waals surface area (Å²) >= 11 is 4.08. The predicted molar refractivity (Wildman–Crippen MR) is 120 cm³/mol. The molecule has 0 bridgehead atoms. The van der Waals surface area contributed by atoms with Crippen LogP contribution in [0.4, 0.5) is 0 Å². The number of guanidine groups is 1. The lowest BCUT2D eigenvalue weighted by atomic mass is 9.99. The zero-order valence-electron chi connectivity index (χ0n) is 18.1. The van der Waals surface area contributed by atoms with E-state index in [9.17, 15) is 24.3 Å². The quantitative estimate of drug-likeness (QED) is 0.0619. The molecule has 0 spiro atoms. The van der Waals surface area contributed by atoms with Crippen LogP contribution >= 0.6 is 12.6 Å². The standard InChI is InChI=1S/C18H35N7O5S/c1-4-9(2)13(17(29)30)25-16(28)12(8-31)24-15(27)11(23-14(26)10(3)19)6-5-7-22-18(20)21/h9-13,31H,4-8,19H2,1-3H3,(H,23,26)(H,24,27)(H,25,28)(H,29,30)(H4,20,21,22). The topological polar surface area (TPSA) is 215 Å². The summed E-state index contributed by atoms with van der Waals surface area (Å²) in [5.41, 5.74) is 16.1. The molecule has 0 aliphatic heterocycles. The Hall–Kier alpha value is -2.54. The molecular weight excluding hydrogens is 426 g/mol. The number of aliphatic carboxylic acids is 1. The van der Waals surface area contributed by atoms with E-state index in [2.05, 4.69) is 33.6 Å². The number of nitrogens with two attached hydrogens (primary N) is 3. The monoisotopic (exact) mass is 461 g/mol. The van der Waals surface area contributed by atoms with Crippen molar-refractivity contribution in [2.24, 2.45) is 28.1 Å². The number of carbonyl (C=O) groups excluding carboxylic acids is 3. The zero-order chi connectivity index (χ0) is 24.1. The van der Waals surface area contributed by atoms with Crippen LogP contribution in [0.5, 0.6) is 0 Å². The van der Waals surface area contributed by atoms with E-state index in [1.807, 2.05) is 0 Å². The van der Waals surface area contributed by atoms with E-state index >= 15 is 0 Å². The van der Waals surface area contributed by atoms with Crippen molar-refractivity contribution in [1.29, 1.82) is 0 Å². The maximum atomic E-state index is 12.7. The highest BCUT2D eigenvalue weighted by Crippen LogP contribution is 2.09. The van der Waals surface area contributed by atoms with Crippen LogP contribution in [-0.4, -0.2) is 71.2 Å². The van der Waals surface area contributed by atoms with Gasteiger partial charge >= 0.3 is 5.97 Å². The van der Waals surface area contributed by atoms with Gasteiger partial charge in [0.05, 0.1) is 6.04 Å². The molecule has 0 heterocycles. The number of nitrogens with one attached hydrogen (secondary N) is 3. The first-order chi connectivity index (χ1) is 14.4. The number of carbonyl (C=O) groups is 4. The Morgan fingerprint density at radius 3 is 2.00 bits per heavy atom. The molecule has 0 aromatic heterocycles. The second-order valence-electron chi connectivity index (χ2n) is 7.25. The molecule has 12 nitrogen and oxygen atoms in total. The summed E-state index contributed by atoms with van der Waals surface area (Å²) in [6, 6.07) is -4.05. The summed E-state index contributed by atoms with van der Waals surface area (Å²) in [5, 5.41) is 16.8. The molecule has 0 aromatic rings. The van der Waals surface area contributed by atoms with Gasteiger partial charge in [0.15, 0.2) is 5.96 Å². The number of hydrogen-bond donors (Lipinski definition) is 8. The number of carboxylic acids is 1. The number of carboxylic acid groups (broad SMARTS) is 1. The SMILES string of the molecule is CCC(C)C(NC(=O)C(CS)NC(=O)C(CCCN=C(N)N)NC(=O)C(C)N)C(=O)O. The van der Waals surface area contributed by atoms with Gasteiger partial charge in [-0.2, -0.15) is 12.6 Å². The number of rotatable bonds is 14. The lowest BCUT2D eigenvalue weighted by Crippen LogP contribution is -2.58. The molecule has 0 aliphatic carbocycles. The smallest absolute Gasteiger partial charge is 0.326 e. The Morgan fingerprint density at radius 1 is 1.00 bits per heavy atom. The molecule has 0 fully saturated rings. The minimum Gasteiger partial charge on any atom is -0.480 e. The molecule has 5 unspecified atom stereocenters. The molecule has 0 aromatic carbocycles. The van der Waals surface area contributed by atoms with Gasteiger partial charge in [0.25, 0.3) is 0 Å².